The van der Waals surface area contributed by atoms with Crippen LogP contribution in [-0.4, -0.2) is 37.6 Å². The first-order valence-corrected chi connectivity index (χ1v) is 12.7. The van der Waals surface area contributed by atoms with E-state index in [-0.39, 0.29) is 11.3 Å². The van der Waals surface area contributed by atoms with Gasteiger partial charge in [0.15, 0.2) is 0 Å². The molecule has 0 fully saturated rings. The predicted octanol–water partition coefficient (Wildman–Crippen LogP) is 4.46. The largest absolute Gasteiger partial charge is 0.497 e. The van der Waals surface area contributed by atoms with Gasteiger partial charge in [-0.25, -0.2) is 13.4 Å². The second-order valence-corrected chi connectivity index (χ2v) is 10.2. The molecule has 4 aromatic rings. The van der Waals surface area contributed by atoms with Gasteiger partial charge in [0.05, 0.1) is 16.9 Å². The predicted molar refractivity (Wildman–Crippen MR) is 131 cm³/mol. The van der Waals surface area contributed by atoms with Crippen molar-refractivity contribution in [1.82, 2.24) is 9.71 Å². The van der Waals surface area contributed by atoms with E-state index in [1.54, 1.807) is 49.7 Å². The van der Waals surface area contributed by atoms with E-state index in [9.17, 15) is 18.3 Å². The van der Waals surface area contributed by atoms with Crippen molar-refractivity contribution in [3.63, 3.8) is 0 Å². The maximum atomic E-state index is 12.8. The van der Waals surface area contributed by atoms with Gasteiger partial charge in [-0.15, -0.1) is 11.3 Å². The van der Waals surface area contributed by atoms with E-state index in [0.29, 0.717) is 0 Å². The molecule has 0 spiro atoms. The second-order valence-electron chi connectivity index (χ2n) is 7.48. The first kappa shape index (κ1) is 23.6. The number of carboxylic acids is 1. The molecule has 0 aliphatic carbocycles. The molecule has 0 radical (unpaired) electrons. The molecule has 174 valence electrons. The highest BCUT2D eigenvalue weighted by Gasteiger charge is 2.25. The third kappa shape index (κ3) is 5.51. The Morgan fingerprint density at radius 2 is 1.65 bits per heavy atom. The van der Waals surface area contributed by atoms with Crippen molar-refractivity contribution in [2.75, 3.05) is 7.11 Å². The lowest BCUT2D eigenvalue weighted by molar-refractivity contribution is -0.138. The van der Waals surface area contributed by atoms with Crippen LogP contribution in [0, 0.1) is 0 Å². The first-order valence-electron chi connectivity index (χ1n) is 10.4. The molecule has 1 unspecified atom stereocenters. The van der Waals surface area contributed by atoms with E-state index in [0.717, 1.165) is 32.3 Å². The third-order valence-corrected chi connectivity index (χ3v) is 7.75. The van der Waals surface area contributed by atoms with E-state index in [4.69, 9.17) is 4.74 Å². The van der Waals surface area contributed by atoms with E-state index >= 15 is 0 Å². The summed E-state index contributed by atoms with van der Waals surface area (Å²) in [7, 11) is -2.41. The molecule has 2 N–H and O–H groups in total. The molecule has 0 saturated heterocycles. The summed E-state index contributed by atoms with van der Waals surface area (Å²) in [6.07, 6.45) is 1.82. The molecule has 0 saturated carbocycles. The maximum Gasteiger partial charge on any atom is 0.322 e. The second kappa shape index (κ2) is 10.2. The van der Waals surface area contributed by atoms with Gasteiger partial charge < -0.3 is 9.84 Å². The van der Waals surface area contributed by atoms with Gasteiger partial charge in [0, 0.05) is 11.8 Å². The van der Waals surface area contributed by atoms with E-state index in [1.165, 1.54) is 23.5 Å². The minimum atomic E-state index is -4.03. The Morgan fingerprint density at radius 1 is 1.00 bits per heavy atom. The summed E-state index contributed by atoms with van der Waals surface area (Å²) in [4.78, 5) is 17.1. The molecular formula is C25H22N2O5S2. The van der Waals surface area contributed by atoms with Crippen molar-refractivity contribution in [2.24, 2.45) is 0 Å². The number of hydrogen-bond donors (Lipinski definition) is 2. The van der Waals surface area contributed by atoms with Crippen molar-refractivity contribution in [1.29, 1.82) is 0 Å². The number of hydrogen-bond acceptors (Lipinski definition) is 6. The minimum Gasteiger partial charge on any atom is -0.497 e. The highest BCUT2D eigenvalue weighted by atomic mass is 32.2. The van der Waals surface area contributed by atoms with Gasteiger partial charge in [0.1, 0.15) is 16.8 Å². The number of nitrogens with one attached hydrogen (secondary N) is 1. The van der Waals surface area contributed by atoms with Crippen molar-refractivity contribution in [2.45, 2.75) is 17.4 Å². The smallest absolute Gasteiger partial charge is 0.322 e. The fraction of sp³-hybridized carbons (Fsp3) is 0.120. The van der Waals surface area contributed by atoms with Crippen LogP contribution in [0.25, 0.3) is 21.0 Å². The van der Waals surface area contributed by atoms with Crippen molar-refractivity contribution >= 4 is 27.3 Å². The molecule has 1 aromatic heterocycles. The number of carboxylic acid groups (broad SMARTS) is 1. The molecule has 3 aromatic carbocycles. The number of aromatic nitrogens is 1. The number of carbonyl (C=O) groups is 1. The topological polar surface area (TPSA) is 106 Å². The Labute approximate surface area is 201 Å². The zero-order chi connectivity index (χ0) is 24.1. The molecular weight excluding hydrogens is 472 g/mol. The number of methoxy groups -OCH3 is 1. The van der Waals surface area contributed by atoms with Gasteiger partial charge in [-0.3, -0.25) is 4.79 Å². The Balaban J connectivity index is 1.50. The SMILES string of the molecule is COc1ccc(-c2cnc(-c3ccc(S(=O)(=O)NC(Cc4ccccc4)C(=O)O)cc3)s2)cc1. The van der Waals surface area contributed by atoms with Gasteiger partial charge >= 0.3 is 5.97 Å². The van der Waals surface area contributed by atoms with Crippen molar-refractivity contribution in [3.05, 3.63) is 90.6 Å². The Kier molecular flexibility index (Phi) is 7.06. The number of sulfonamides is 1. The monoisotopic (exact) mass is 494 g/mol. The van der Waals surface area contributed by atoms with Crippen LogP contribution in [0.4, 0.5) is 0 Å². The molecule has 7 nitrogen and oxygen atoms in total. The zero-order valence-corrected chi connectivity index (χ0v) is 19.8. The number of thiazole rings is 1. The summed E-state index contributed by atoms with van der Waals surface area (Å²) in [5.74, 6) is -0.467. The highest BCUT2D eigenvalue weighted by molar-refractivity contribution is 7.89. The Morgan fingerprint density at radius 3 is 2.26 bits per heavy atom. The van der Waals surface area contributed by atoms with Gasteiger partial charge in [0.25, 0.3) is 0 Å². The lowest BCUT2D eigenvalue weighted by atomic mass is 10.1. The molecule has 1 atom stereocenters. The van der Waals surface area contributed by atoms with Crippen LogP contribution >= 0.6 is 11.3 Å². The van der Waals surface area contributed by atoms with Crippen LogP contribution in [-0.2, 0) is 21.2 Å². The molecule has 4 rings (SSSR count). The van der Waals surface area contributed by atoms with Gasteiger partial charge in [0.2, 0.25) is 10.0 Å². The lowest BCUT2D eigenvalue weighted by Gasteiger charge is -2.15. The Hall–Kier alpha value is -3.53. The molecule has 0 bridgehead atoms. The molecule has 34 heavy (non-hydrogen) atoms. The normalized spacial score (nSPS) is 12.3. The average molecular weight is 495 g/mol. The summed E-state index contributed by atoms with van der Waals surface area (Å²) in [6, 6.07) is 21.5. The average Bonchev–Trinajstić information content (AvgIpc) is 3.35. The number of ether oxygens (including phenoxy) is 1. The standard InChI is InChI=1S/C25H22N2O5S2/c1-32-20-11-7-18(8-12-20)23-16-26-24(33-23)19-9-13-21(14-10-19)34(30,31)27-22(25(28)29)15-17-5-3-2-4-6-17/h2-14,16,22,27H,15H2,1H3,(H,28,29). The van der Waals surface area contributed by atoms with Crippen LogP contribution in [0.1, 0.15) is 5.56 Å². The summed E-state index contributed by atoms with van der Waals surface area (Å²) < 4.78 is 33.1. The summed E-state index contributed by atoms with van der Waals surface area (Å²) in [5.41, 5.74) is 2.50. The Bertz CT molecular complexity index is 1370. The highest BCUT2D eigenvalue weighted by Crippen LogP contribution is 2.33. The van der Waals surface area contributed by atoms with Crippen LogP contribution in [0.5, 0.6) is 5.75 Å². The number of nitrogens with zero attached hydrogens (tertiary/aromatic N) is 1. The number of benzene rings is 3. The van der Waals surface area contributed by atoms with Crippen molar-refractivity contribution < 1.29 is 23.1 Å². The van der Waals surface area contributed by atoms with Crippen LogP contribution in [0.2, 0.25) is 0 Å². The van der Waals surface area contributed by atoms with Crippen LogP contribution < -0.4 is 9.46 Å². The van der Waals surface area contributed by atoms with Gasteiger partial charge in [-0.1, -0.05) is 42.5 Å². The summed E-state index contributed by atoms with van der Waals surface area (Å²) in [5, 5.41) is 10.3. The van der Waals surface area contributed by atoms with Gasteiger partial charge in [-0.2, -0.15) is 4.72 Å². The van der Waals surface area contributed by atoms with Crippen molar-refractivity contribution in [3.8, 4) is 26.8 Å². The third-order valence-electron chi connectivity index (χ3n) is 5.17. The summed E-state index contributed by atoms with van der Waals surface area (Å²) in [6.45, 7) is 0. The fourth-order valence-electron chi connectivity index (χ4n) is 3.36. The molecule has 0 aliphatic rings. The lowest BCUT2D eigenvalue weighted by Crippen LogP contribution is -2.42. The summed E-state index contributed by atoms with van der Waals surface area (Å²) >= 11 is 1.49. The zero-order valence-electron chi connectivity index (χ0n) is 18.2. The minimum absolute atomic E-state index is 0.0116. The fourth-order valence-corrected chi connectivity index (χ4v) is 5.47. The number of rotatable bonds is 9. The van der Waals surface area contributed by atoms with Gasteiger partial charge in [-0.05, 0) is 53.9 Å². The van der Waals surface area contributed by atoms with Crippen LogP contribution in [0.3, 0.4) is 0 Å². The van der Waals surface area contributed by atoms with E-state index in [2.05, 4.69) is 9.71 Å². The van der Waals surface area contributed by atoms with E-state index < -0.39 is 22.0 Å². The molecule has 0 amide bonds. The molecule has 0 aliphatic heterocycles. The maximum absolute atomic E-state index is 12.8. The molecule has 1 heterocycles. The first-order chi connectivity index (χ1) is 16.4. The van der Waals surface area contributed by atoms with Crippen LogP contribution in [0.15, 0.2) is 90.0 Å². The van der Waals surface area contributed by atoms with E-state index in [1.807, 2.05) is 30.3 Å². The quantitative estimate of drug-likeness (QED) is 0.356. The number of aliphatic carboxylic acids is 1. The molecule has 9 heteroatoms.